The van der Waals surface area contributed by atoms with E-state index in [0.717, 1.165) is 16.3 Å². The van der Waals surface area contributed by atoms with Crippen molar-refractivity contribution >= 4 is 24.6 Å². The molecule has 5 heteroatoms. The van der Waals surface area contributed by atoms with Crippen molar-refractivity contribution in [3.8, 4) is 0 Å². The van der Waals surface area contributed by atoms with Gasteiger partial charge < -0.3 is 0 Å². The molecule has 0 aliphatic heterocycles. The quantitative estimate of drug-likeness (QED) is 0.761. The Kier molecular flexibility index (Phi) is 5.57. The van der Waals surface area contributed by atoms with E-state index in [2.05, 4.69) is 23.3 Å². The number of benzene rings is 2. The lowest BCUT2D eigenvalue weighted by Crippen LogP contribution is -2.08. The second-order valence-corrected chi connectivity index (χ2v) is 6.13. The first-order chi connectivity index (χ1) is 10.2. The van der Waals surface area contributed by atoms with Crippen LogP contribution in [-0.4, -0.2) is 13.2 Å². The van der Waals surface area contributed by atoms with E-state index in [-0.39, 0.29) is 0 Å². The minimum absolute atomic E-state index is 0.326. The molecule has 0 aromatic heterocycles. The minimum atomic E-state index is -3.25. The summed E-state index contributed by atoms with van der Waals surface area (Å²) in [6, 6.07) is 14.2. The zero-order chi connectivity index (χ0) is 15.1. The largest absolute Gasteiger partial charge is 0.432 e. The summed E-state index contributed by atoms with van der Waals surface area (Å²) in [5.74, 6) is 0. The van der Waals surface area contributed by atoms with Crippen LogP contribution in [0.3, 0.4) is 0 Å². The van der Waals surface area contributed by atoms with E-state index in [1.54, 1.807) is 20.0 Å². The molecule has 0 amide bonds. The van der Waals surface area contributed by atoms with Gasteiger partial charge in [-0.2, -0.15) is 0 Å². The Balaban J connectivity index is 2.18. The molecule has 0 unspecified atom stereocenters. The molecule has 0 atom stereocenters. The average molecular weight is 305 g/mol. The van der Waals surface area contributed by atoms with Crippen molar-refractivity contribution in [1.82, 2.24) is 5.09 Å². The fraction of sp³-hybridized carbons (Fsp3) is 0.250. The van der Waals surface area contributed by atoms with Gasteiger partial charge in [-0.05, 0) is 36.3 Å². The van der Waals surface area contributed by atoms with Crippen molar-refractivity contribution in [3.63, 3.8) is 0 Å². The number of fused-ring (bicyclic) bond motifs is 1. The van der Waals surface area contributed by atoms with Crippen molar-refractivity contribution < 1.29 is 13.6 Å². The summed E-state index contributed by atoms with van der Waals surface area (Å²) in [6.07, 6.45) is 3.49. The molecule has 0 spiro atoms. The number of hydrogen-bond donors (Lipinski definition) is 1. The van der Waals surface area contributed by atoms with Crippen molar-refractivity contribution in [2.24, 2.45) is 0 Å². The lowest BCUT2D eigenvalue weighted by atomic mass is 10.0. The number of nitrogens with one attached hydrogen (secondary N) is 1. The molecule has 0 bridgehead atoms. The van der Waals surface area contributed by atoms with Crippen LogP contribution in [0.25, 0.3) is 16.8 Å². The van der Waals surface area contributed by atoms with Crippen LogP contribution in [0.1, 0.15) is 19.4 Å². The number of hydrogen-bond acceptors (Lipinski definition) is 3. The predicted molar refractivity (Wildman–Crippen MR) is 87.0 cm³/mol. The van der Waals surface area contributed by atoms with Crippen molar-refractivity contribution in [3.05, 3.63) is 54.2 Å². The highest BCUT2D eigenvalue weighted by molar-refractivity contribution is 7.51. The molecule has 1 N–H and O–H groups in total. The van der Waals surface area contributed by atoms with E-state index in [0.29, 0.717) is 13.2 Å². The van der Waals surface area contributed by atoms with E-state index in [1.807, 2.05) is 30.3 Å². The van der Waals surface area contributed by atoms with Crippen molar-refractivity contribution in [2.75, 3.05) is 13.2 Å². The van der Waals surface area contributed by atoms with Crippen LogP contribution in [0.2, 0.25) is 0 Å². The van der Waals surface area contributed by atoms with Gasteiger partial charge >= 0.3 is 7.75 Å². The maximum absolute atomic E-state index is 12.3. The summed E-state index contributed by atoms with van der Waals surface area (Å²) >= 11 is 0. The molecule has 0 heterocycles. The third kappa shape index (κ3) is 4.18. The summed E-state index contributed by atoms with van der Waals surface area (Å²) in [5, 5.41) is 5.05. The second-order valence-electron chi connectivity index (χ2n) is 4.36. The minimum Gasteiger partial charge on any atom is -0.300 e. The molecule has 2 rings (SSSR count). The van der Waals surface area contributed by atoms with Crippen LogP contribution in [0, 0.1) is 0 Å². The Bertz CT molecular complexity index is 654. The van der Waals surface area contributed by atoms with E-state index < -0.39 is 7.75 Å². The molecule has 0 aliphatic rings. The summed E-state index contributed by atoms with van der Waals surface area (Å²) in [7, 11) is -3.25. The Labute approximate surface area is 125 Å². The fourth-order valence-electron chi connectivity index (χ4n) is 2.07. The smallest absolute Gasteiger partial charge is 0.300 e. The van der Waals surface area contributed by atoms with E-state index in [4.69, 9.17) is 9.05 Å². The second kappa shape index (κ2) is 7.41. The van der Waals surface area contributed by atoms with Gasteiger partial charge in [-0.25, -0.2) is 4.57 Å². The van der Waals surface area contributed by atoms with Gasteiger partial charge in [-0.3, -0.25) is 14.1 Å². The van der Waals surface area contributed by atoms with Crippen LogP contribution in [0.15, 0.2) is 48.7 Å². The summed E-state index contributed by atoms with van der Waals surface area (Å²) in [5.41, 5.74) is 1.04. The lowest BCUT2D eigenvalue weighted by molar-refractivity contribution is 0.215. The topological polar surface area (TPSA) is 47.6 Å². The molecule has 2 aromatic rings. The summed E-state index contributed by atoms with van der Waals surface area (Å²) in [4.78, 5) is 0. The van der Waals surface area contributed by atoms with Gasteiger partial charge in [0.25, 0.3) is 0 Å². The monoisotopic (exact) mass is 305 g/mol. The molecule has 0 saturated heterocycles. The van der Waals surface area contributed by atoms with Gasteiger partial charge in [0.2, 0.25) is 0 Å². The summed E-state index contributed by atoms with van der Waals surface area (Å²) in [6.45, 7) is 4.21. The maximum Gasteiger partial charge on any atom is 0.432 e. The first-order valence-corrected chi connectivity index (χ1v) is 8.54. The Morgan fingerprint density at radius 3 is 2.43 bits per heavy atom. The van der Waals surface area contributed by atoms with Gasteiger partial charge in [-0.1, -0.05) is 42.5 Å². The highest BCUT2D eigenvalue weighted by atomic mass is 31.2. The highest BCUT2D eigenvalue weighted by Crippen LogP contribution is 2.43. The van der Waals surface area contributed by atoms with Gasteiger partial charge in [0.1, 0.15) is 0 Å². The van der Waals surface area contributed by atoms with Gasteiger partial charge in [0.05, 0.1) is 13.2 Å². The first kappa shape index (κ1) is 15.8. The molecule has 2 aromatic carbocycles. The Morgan fingerprint density at radius 1 is 1.05 bits per heavy atom. The van der Waals surface area contributed by atoms with Gasteiger partial charge in [0, 0.05) is 6.20 Å². The molecule has 0 saturated carbocycles. The van der Waals surface area contributed by atoms with E-state index in [9.17, 15) is 4.57 Å². The molecule has 0 radical (unpaired) electrons. The maximum atomic E-state index is 12.3. The van der Waals surface area contributed by atoms with E-state index >= 15 is 0 Å². The average Bonchev–Trinajstić information content (AvgIpc) is 2.48. The zero-order valence-electron chi connectivity index (χ0n) is 12.3. The molecule has 0 aliphatic carbocycles. The predicted octanol–water partition coefficient (Wildman–Crippen LogP) is 4.58. The third-order valence-electron chi connectivity index (χ3n) is 2.92. The van der Waals surface area contributed by atoms with E-state index in [1.165, 1.54) is 0 Å². The molecule has 0 fully saturated rings. The molecule has 112 valence electrons. The molecule has 4 nitrogen and oxygen atoms in total. The number of rotatable bonds is 7. The first-order valence-electron chi connectivity index (χ1n) is 6.99. The standard InChI is InChI=1S/C16H20NO3P/c1-3-19-21(18,20-4-2)17-13-12-15-10-7-9-14-8-5-6-11-16(14)15/h5-13H,3-4H2,1-2H3,(H,17,18)/b13-12+. The normalized spacial score (nSPS) is 12.1. The Morgan fingerprint density at radius 2 is 1.71 bits per heavy atom. The van der Waals surface area contributed by atoms with Crippen molar-refractivity contribution in [1.29, 1.82) is 0 Å². The van der Waals surface area contributed by atoms with Crippen LogP contribution < -0.4 is 5.09 Å². The van der Waals surface area contributed by atoms with Crippen LogP contribution in [0.4, 0.5) is 0 Å². The highest BCUT2D eigenvalue weighted by Gasteiger charge is 2.20. The van der Waals surface area contributed by atoms with Crippen LogP contribution in [-0.2, 0) is 13.6 Å². The fourth-order valence-corrected chi connectivity index (χ4v) is 3.23. The van der Waals surface area contributed by atoms with Gasteiger partial charge in [-0.15, -0.1) is 0 Å². The van der Waals surface area contributed by atoms with Crippen LogP contribution >= 0.6 is 7.75 Å². The molecular weight excluding hydrogens is 285 g/mol. The molecular formula is C16H20NO3P. The third-order valence-corrected chi connectivity index (χ3v) is 4.58. The van der Waals surface area contributed by atoms with Crippen molar-refractivity contribution in [2.45, 2.75) is 13.8 Å². The lowest BCUT2D eigenvalue weighted by Gasteiger charge is -2.15. The van der Waals surface area contributed by atoms with Gasteiger partial charge in [0.15, 0.2) is 0 Å². The Hall–Kier alpha value is -1.61. The zero-order valence-corrected chi connectivity index (χ0v) is 13.2. The van der Waals surface area contributed by atoms with Crippen LogP contribution in [0.5, 0.6) is 0 Å². The summed E-state index contributed by atoms with van der Waals surface area (Å²) < 4.78 is 22.6. The SMILES string of the molecule is CCOP(=O)(N/C=C/c1cccc2ccccc12)OCC. The molecule has 21 heavy (non-hydrogen) atoms.